The van der Waals surface area contributed by atoms with Crippen molar-refractivity contribution in [2.75, 3.05) is 10.7 Å². The zero-order chi connectivity index (χ0) is 12.2. The fourth-order valence-electron chi connectivity index (χ4n) is 1.02. The Hall–Kier alpha value is -0.620. The fraction of sp³-hybridized carbons (Fsp3) is 0.400. The van der Waals surface area contributed by atoms with E-state index in [2.05, 4.69) is 42.2 Å². The summed E-state index contributed by atoms with van der Waals surface area (Å²) in [5.41, 5.74) is -0.171. The molecule has 1 heterocycles. The number of amides is 1. The second-order valence-electron chi connectivity index (χ2n) is 3.67. The highest BCUT2D eigenvalue weighted by Gasteiger charge is 2.25. The van der Waals surface area contributed by atoms with Crippen molar-refractivity contribution in [3.8, 4) is 5.75 Å². The Morgan fingerprint density at radius 1 is 1.56 bits per heavy atom. The summed E-state index contributed by atoms with van der Waals surface area (Å²) in [6, 6.07) is 1.48. The predicted octanol–water partition coefficient (Wildman–Crippen LogP) is 2.07. The van der Waals surface area contributed by atoms with E-state index >= 15 is 0 Å². The van der Waals surface area contributed by atoms with Gasteiger partial charge in [-0.05, 0) is 13.0 Å². The van der Waals surface area contributed by atoms with Crippen molar-refractivity contribution in [1.82, 2.24) is 10.3 Å². The standard InChI is InChI=1S/C10H12Br2N2O2/c1-10(5-11,6-12)14-9(16)7-2-3-13-4-8(7)15/h2-4,15H,5-6H2,1H3,(H,14,16). The van der Waals surface area contributed by atoms with Crippen molar-refractivity contribution in [3.05, 3.63) is 24.0 Å². The lowest BCUT2D eigenvalue weighted by molar-refractivity contribution is 0.0920. The van der Waals surface area contributed by atoms with Gasteiger partial charge in [-0.1, -0.05) is 31.9 Å². The lowest BCUT2D eigenvalue weighted by atomic mass is 10.1. The molecule has 6 heteroatoms. The first-order valence-electron chi connectivity index (χ1n) is 4.60. The molecule has 0 atom stereocenters. The van der Waals surface area contributed by atoms with Crippen molar-refractivity contribution in [2.45, 2.75) is 12.5 Å². The molecule has 0 saturated carbocycles. The molecular weight excluding hydrogens is 340 g/mol. The first kappa shape index (κ1) is 13.4. The third-order valence-corrected chi connectivity index (χ3v) is 4.53. The maximum atomic E-state index is 11.9. The van der Waals surface area contributed by atoms with Crippen LogP contribution in [-0.4, -0.2) is 32.2 Å². The number of halogens is 2. The molecule has 0 radical (unpaired) electrons. The van der Waals surface area contributed by atoms with Gasteiger partial charge in [0.05, 0.1) is 17.3 Å². The van der Waals surface area contributed by atoms with Gasteiger partial charge in [0.2, 0.25) is 0 Å². The SMILES string of the molecule is CC(CBr)(CBr)NC(=O)c1ccncc1O. The number of aromatic nitrogens is 1. The van der Waals surface area contributed by atoms with Crippen molar-refractivity contribution in [2.24, 2.45) is 0 Å². The van der Waals surface area contributed by atoms with Crippen molar-refractivity contribution < 1.29 is 9.90 Å². The minimum atomic E-state index is -0.396. The molecule has 4 nitrogen and oxygen atoms in total. The van der Waals surface area contributed by atoms with Crippen LogP contribution < -0.4 is 5.32 Å². The van der Waals surface area contributed by atoms with Crippen molar-refractivity contribution in [1.29, 1.82) is 0 Å². The first-order chi connectivity index (χ1) is 7.52. The van der Waals surface area contributed by atoms with Gasteiger partial charge in [-0.3, -0.25) is 9.78 Å². The summed E-state index contributed by atoms with van der Waals surface area (Å²) in [5, 5.41) is 13.5. The molecule has 1 amide bonds. The Labute approximate surface area is 111 Å². The molecule has 16 heavy (non-hydrogen) atoms. The zero-order valence-corrected chi connectivity index (χ0v) is 11.9. The number of alkyl halides is 2. The lowest BCUT2D eigenvalue weighted by Crippen LogP contribution is -2.48. The molecule has 0 aliphatic heterocycles. The molecule has 88 valence electrons. The van der Waals surface area contributed by atoms with Gasteiger partial charge < -0.3 is 10.4 Å². The summed E-state index contributed by atoms with van der Waals surface area (Å²) in [5.74, 6) is -0.437. The molecule has 0 fully saturated rings. The van der Waals surface area contributed by atoms with Gasteiger partial charge in [0.25, 0.3) is 5.91 Å². The van der Waals surface area contributed by atoms with Crippen LogP contribution in [0.4, 0.5) is 0 Å². The number of nitrogens with one attached hydrogen (secondary N) is 1. The van der Waals surface area contributed by atoms with Crippen LogP contribution in [0, 0.1) is 0 Å². The summed E-state index contributed by atoms with van der Waals surface area (Å²) < 4.78 is 0. The van der Waals surface area contributed by atoms with E-state index in [0.29, 0.717) is 10.7 Å². The molecule has 1 rings (SSSR count). The summed E-state index contributed by atoms with van der Waals surface area (Å²) >= 11 is 6.66. The molecular formula is C10H12Br2N2O2. The average molecular weight is 352 g/mol. The molecule has 0 bridgehead atoms. The third kappa shape index (κ3) is 3.18. The number of rotatable bonds is 4. The van der Waals surface area contributed by atoms with E-state index in [1.54, 1.807) is 0 Å². The molecule has 0 aliphatic rings. The molecule has 0 saturated heterocycles. The van der Waals surface area contributed by atoms with Gasteiger partial charge in [0, 0.05) is 16.9 Å². The van der Waals surface area contributed by atoms with Crippen LogP contribution >= 0.6 is 31.9 Å². The molecule has 0 spiro atoms. The molecule has 0 aliphatic carbocycles. The minimum absolute atomic E-state index is 0.119. The smallest absolute Gasteiger partial charge is 0.255 e. The minimum Gasteiger partial charge on any atom is -0.505 e. The van der Waals surface area contributed by atoms with E-state index in [9.17, 15) is 9.90 Å². The maximum Gasteiger partial charge on any atom is 0.255 e. The summed E-state index contributed by atoms with van der Waals surface area (Å²) in [7, 11) is 0. The zero-order valence-electron chi connectivity index (χ0n) is 8.70. The second kappa shape index (κ2) is 5.63. The van der Waals surface area contributed by atoms with Crippen LogP contribution in [0.15, 0.2) is 18.5 Å². The van der Waals surface area contributed by atoms with Gasteiger partial charge in [0.1, 0.15) is 5.75 Å². The number of pyridine rings is 1. The third-order valence-electron chi connectivity index (χ3n) is 2.05. The Balaban J connectivity index is 2.84. The van der Waals surface area contributed by atoms with Crippen LogP contribution in [0.25, 0.3) is 0 Å². The molecule has 1 aromatic rings. The number of aromatic hydroxyl groups is 1. The molecule has 0 unspecified atom stereocenters. The van der Waals surface area contributed by atoms with Crippen molar-refractivity contribution in [3.63, 3.8) is 0 Å². The quantitative estimate of drug-likeness (QED) is 0.816. The van der Waals surface area contributed by atoms with E-state index in [1.165, 1.54) is 18.5 Å². The highest BCUT2D eigenvalue weighted by Crippen LogP contribution is 2.17. The van der Waals surface area contributed by atoms with Gasteiger partial charge in [-0.15, -0.1) is 0 Å². The lowest BCUT2D eigenvalue weighted by Gasteiger charge is -2.26. The summed E-state index contributed by atoms with van der Waals surface area (Å²) in [6.45, 7) is 1.90. The van der Waals surface area contributed by atoms with Crippen LogP contribution in [0.5, 0.6) is 5.75 Å². The summed E-state index contributed by atoms with van der Waals surface area (Å²) in [4.78, 5) is 15.6. The van der Waals surface area contributed by atoms with Gasteiger partial charge in [-0.25, -0.2) is 0 Å². The van der Waals surface area contributed by atoms with Crippen LogP contribution in [0.3, 0.4) is 0 Å². The fourth-order valence-corrected chi connectivity index (χ4v) is 2.23. The van der Waals surface area contributed by atoms with Gasteiger partial charge in [-0.2, -0.15) is 0 Å². The molecule has 2 N–H and O–H groups in total. The molecule has 0 aromatic carbocycles. The molecule has 1 aromatic heterocycles. The average Bonchev–Trinajstić information content (AvgIpc) is 2.29. The highest BCUT2D eigenvalue weighted by molar-refractivity contribution is 9.09. The van der Waals surface area contributed by atoms with E-state index in [4.69, 9.17) is 0 Å². The van der Waals surface area contributed by atoms with Gasteiger partial charge >= 0.3 is 0 Å². The van der Waals surface area contributed by atoms with Crippen LogP contribution in [-0.2, 0) is 0 Å². The van der Waals surface area contributed by atoms with E-state index in [1.807, 2.05) is 6.92 Å². The maximum absolute atomic E-state index is 11.9. The van der Waals surface area contributed by atoms with Crippen LogP contribution in [0.1, 0.15) is 17.3 Å². The summed E-state index contributed by atoms with van der Waals surface area (Å²) in [6.07, 6.45) is 2.71. The Kier molecular flexibility index (Phi) is 4.73. The van der Waals surface area contributed by atoms with Crippen LogP contribution in [0.2, 0.25) is 0 Å². The van der Waals surface area contributed by atoms with Gasteiger partial charge in [0.15, 0.2) is 0 Å². The number of carbonyl (C=O) groups excluding carboxylic acids is 1. The Bertz CT molecular complexity index is 381. The topological polar surface area (TPSA) is 62.2 Å². The number of hydrogen-bond acceptors (Lipinski definition) is 3. The highest BCUT2D eigenvalue weighted by atomic mass is 79.9. The number of carbonyl (C=O) groups is 1. The normalized spacial score (nSPS) is 11.2. The number of nitrogens with zero attached hydrogens (tertiary/aromatic N) is 1. The van der Waals surface area contributed by atoms with Crippen molar-refractivity contribution >= 4 is 37.8 Å². The first-order valence-corrected chi connectivity index (χ1v) is 6.84. The number of hydrogen-bond donors (Lipinski definition) is 2. The monoisotopic (exact) mass is 350 g/mol. The Morgan fingerprint density at radius 2 is 2.19 bits per heavy atom. The Morgan fingerprint density at radius 3 is 2.69 bits per heavy atom. The van der Waals surface area contributed by atoms with E-state index in [-0.39, 0.29) is 17.2 Å². The van der Waals surface area contributed by atoms with E-state index < -0.39 is 5.54 Å². The predicted molar refractivity (Wildman–Crippen MR) is 69.4 cm³/mol. The van der Waals surface area contributed by atoms with E-state index in [0.717, 1.165) is 0 Å². The largest absolute Gasteiger partial charge is 0.505 e. The second-order valence-corrected chi connectivity index (χ2v) is 4.80.